The fraction of sp³-hybridized carbons (Fsp3) is 0.217. The van der Waals surface area contributed by atoms with Gasteiger partial charge in [-0.05, 0) is 50.6 Å². The van der Waals surface area contributed by atoms with Crippen molar-refractivity contribution in [3.8, 4) is 11.3 Å². The van der Waals surface area contributed by atoms with Crippen LogP contribution in [-0.2, 0) is 0 Å². The number of benzene rings is 2. The van der Waals surface area contributed by atoms with Crippen LogP contribution in [0.25, 0.3) is 17.0 Å². The molecule has 2 aromatic heterocycles. The molecule has 4 aromatic rings. The molecule has 0 spiro atoms. The SMILES string of the molecule is CCCN(C(=O)c1ccccc1)c1c(C)nn2c(-c3ccc(Cl)cc3Cl)c(C)oc12. The van der Waals surface area contributed by atoms with Gasteiger partial charge in [0, 0.05) is 22.7 Å². The lowest BCUT2D eigenvalue weighted by molar-refractivity contribution is 0.0986. The molecule has 1 amide bonds. The van der Waals surface area contributed by atoms with Crippen LogP contribution in [0.4, 0.5) is 5.69 Å². The summed E-state index contributed by atoms with van der Waals surface area (Å²) in [5.41, 5.74) is 4.02. The molecule has 0 aliphatic carbocycles. The van der Waals surface area contributed by atoms with Crippen LogP contribution in [0, 0.1) is 13.8 Å². The fourth-order valence-electron chi connectivity index (χ4n) is 3.65. The second-order valence-electron chi connectivity index (χ2n) is 7.10. The number of hydrogen-bond donors (Lipinski definition) is 0. The van der Waals surface area contributed by atoms with Crippen molar-refractivity contribution < 1.29 is 9.21 Å². The van der Waals surface area contributed by atoms with Gasteiger partial charge in [0.1, 0.15) is 17.1 Å². The van der Waals surface area contributed by atoms with Crippen LogP contribution >= 0.6 is 23.2 Å². The summed E-state index contributed by atoms with van der Waals surface area (Å²) in [6, 6.07) is 14.5. The van der Waals surface area contributed by atoms with Gasteiger partial charge in [0.05, 0.1) is 10.7 Å². The number of amides is 1. The second-order valence-corrected chi connectivity index (χ2v) is 7.95. The number of anilines is 1. The predicted octanol–water partition coefficient (Wildman–Crippen LogP) is 6.57. The molecule has 0 bridgehead atoms. The van der Waals surface area contributed by atoms with Crippen molar-refractivity contribution in [3.63, 3.8) is 0 Å². The molecule has 5 nitrogen and oxygen atoms in total. The van der Waals surface area contributed by atoms with E-state index in [-0.39, 0.29) is 5.91 Å². The van der Waals surface area contributed by atoms with Gasteiger partial charge in [-0.1, -0.05) is 48.3 Å². The van der Waals surface area contributed by atoms with Crippen LogP contribution in [-0.4, -0.2) is 22.1 Å². The standard InChI is InChI=1S/C23H21Cl2N3O2/c1-4-12-27(22(29)16-8-6-5-7-9-16)20-14(2)26-28-21(15(3)30-23(20)28)18-11-10-17(24)13-19(18)25/h5-11,13H,4,12H2,1-3H3. The third-order valence-corrected chi connectivity index (χ3v) is 5.50. The van der Waals surface area contributed by atoms with Crippen LogP contribution in [0.15, 0.2) is 52.9 Å². The Morgan fingerprint density at radius 3 is 2.53 bits per heavy atom. The summed E-state index contributed by atoms with van der Waals surface area (Å²) in [6.45, 7) is 6.32. The van der Waals surface area contributed by atoms with Crippen molar-refractivity contribution in [2.75, 3.05) is 11.4 Å². The minimum Gasteiger partial charge on any atom is -0.439 e. The van der Waals surface area contributed by atoms with E-state index in [1.54, 1.807) is 21.5 Å². The van der Waals surface area contributed by atoms with E-state index in [2.05, 4.69) is 0 Å². The Labute approximate surface area is 184 Å². The first-order chi connectivity index (χ1) is 14.4. The average molecular weight is 442 g/mol. The zero-order chi connectivity index (χ0) is 21.4. The first kappa shape index (κ1) is 20.5. The third kappa shape index (κ3) is 3.48. The Morgan fingerprint density at radius 1 is 1.13 bits per heavy atom. The van der Waals surface area contributed by atoms with Gasteiger partial charge in [-0.2, -0.15) is 9.61 Å². The van der Waals surface area contributed by atoms with Gasteiger partial charge >= 0.3 is 0 Å². The Hall–Kier alpha value is -2.76. The summed E-state index contributed by atoms with van der Waals surface area (Å²) in [5, 5.41) is 5.76. The smallest absolute Gasteiger partial charge is 0.258 e. The molecular formula is C23H21Cl2N3O2. The Bertz CT molecular complexity index is 1230. The molecule has 30 heavy (non-hydrogen) atoms. The maximum atomic E-state index is 13.3. The lowest BCUT2D eigenvalue weighted by Crippen LogP contribution is -2.32. The first-order valence-corrected chi connectivity index (χ1v) is 10.5. The molecule has 2 aromatic carbocycles. The lowest BCUT2D eigenvalue weighted by atomic mass is 10.1. The van der Waals surface area contributed by atoms with E-state index in [1.165, 1.54) is 0 Å². The summed E-state index contributed by atoms with van der Waals surface area (Å²) in [6.07, 6.45) is 0.797. The predicted molar refractivity (Wildman–Crippen MR) is 121 cm³/mol. The molecule has 0 saturated heterocycles. The maximum Gasteiger partial charge on any atom is 0.258 e. The van der Waals surface area contributed by atoms with Crippen LogP contribution in [0.1, 0.15) is 35.2 Å². The summed E-state index contributed by atoms with van der Waals surface area (Å²) in [7, 11) is 0. The fourth-order valence-corrected chi connectivity index (χ4v) is 4.15. The summed E-state index contributed by atoms with van der Waals surface area (Å²) >= 11 is 12.5. The van der Waals surface area contributed by atoms with Crippen molar-refractivity contribution in [1.82, 2.24) is 9.61 Å². The van der Waals surface area contributed by atoms with Gasteiger partial charge in [-0.3, -0.25) is 4.79 Å². The van der Waals surface area contributed by atoms with E-state index in [0.29, 0.717) is 45.0 Å². The summed E-state index contributed by atoms with van der Waals surface area (Å²) in [5.74, 6) is 0.571. The molecule has 0 aliphatic heterocycles. The highest BCUT2D eigenvalue weighted by Gasteiger charge is 2.28. The Balaban J connectivity index is 1.89. The zero-order valence-electron chi connectivity index (χ0n) is 16.9. The van der Waals surface area contributed by atoms with Gasteiger partial charge in [0.25, 0.3) is 5.91 Å². The quantitative estimate of drug-likeness (QED) is 0.351. The van der Waals surface area contributed by atoms with Gasteiger partial charge in [0.2, 0.25) is 5.71 Å². The van der Waals surface area contributed by atoms with Gasteiger partial charge in [-0.15, -0.1) is 0 Å². The van der Waals surface area contributed by atoms with Crippen molar-refractivity contribution in [1.29, 1.82) is 0 Å². The van der Waals surface area contributed by atoms with Crippen LogP contribution in [0.5, 0.6) is 0 Å². The van der Waals surface area contributed by atoms with E-state index in [9.17, 15) is 4.79 Å². The van der Waals surface area contributed by atoms with Crippen LogP contribution in [0.3, 0.4) is 0 Å². The molecule has 0 saturated carbocycles. The van der Waals surface area contributed by atoms with Crippen molar-refractivity contribution in [2.45, 2.75) is 27.2 Å². The number of aryl methyl sites for hydroxylation is 2. The van der Waals surface area contributed by atoms with Crippen molar-refractivity contribution >= 4 is 40.5 Å². The number of rotatable bonds is 5. The third-order valence-electron chi connectivity index (χ3n) is 4.95. The number of oxazole rings is 1. The minimum atomic E-state index is -0.0874. The molecule has 0 fully saturated rings. The van der Waals surface area contributed by atoms with E-state index in [1.807, 2.05) is 57.2 Å². The summed E-state index contributed by atoms with van der Waals surface area (Å²) in [4.78, 5) is 15.0. The minimum absolute atomic E-state index is 0.0874. The molecular weight excluding hydrogens is 421 g/mol. The number of carbonyl (C=O) groups excluding carboxylic acids is 1. The number of aromatic nitrogens is 2. The van der Waals surface area contributed by atoms with E-state index in [4.69, 9.17) is 32.7 Å². The molecule has 0 atom stereocenters. The van der Waals surface area contributed by atoms with Crippen LogP contribution < -0.4 is 4.90 Å². The topological polar surface area (TPSA) is 50.8 Å². The molecule has 2 heterocycles. The highest BCUT2D eigenvalue weighted by atomic mass is 35.5. The van der Waals surface area contributed by atoms with Gasteiger partial charge < -0.3 is 9.32 Å². The Morgan fingerprint density at radius 2 is 1.87 bits per heavy atom. The number of fused-ring (bicyclic) bond motifs is 1. The normalized spacial score (nSPS) is 11.2. The van der Waals surface area contributed by atoms with Crippen molar-refractivity contribution in [2.24, 2.45) is 0 Å². The molecule has 4 rings (SSSR count). The molecule has 0 aliphatic rings. The molecule has 0 radical (unpaired) electrons. The van der Waals surface area contributed by atoms with E-state index < -0.39 is 0 Å². The van der Waals surface area contributed by atoms with E-state index in [0.717, 1.165) is 17.7 Å². The van der Waals surface area contributed by atoms with Gasteiger partial charge in [-0.25, -0.2) is 0 Å². The molecule has 0 N–H and O–H groups in total. The molecule has 0 unspecified atom stereocenters. The number of hydrogen-bond acceptors (Lipinski definition) is 3. The average Bonchev–Trinajstić information content (AvgIpc) is 3.19. The van der Waals surface area contributed by atoms with Gasteiger partial charge in [0.15, 0.2) is 0 Å². The molecule has 7 heteroatoms. The largest absolute Gasteiger partial charge is 0.439 e. The monoisotopic (exact) mass is 441 g/mol. The number of halogens is 2. The zero-order valence-corrected chi connectivity index (χ0v) is 18.5. The Kier molecular flexibility index (Phi) is 5.58. The molecule has 154 valence electrons. The lowest BCUT2D eigenvalue weighted by Gasteiger charge is -2.21. The van der Waals surface area contributed by atoms with E-state index >= 15 is 0 Å². The van der Waals surface area contributed by atoms with Crippen LogP contribution in [0.2, 0.25) is 10.0 Å². The highest BCUT2D eigenvalue weighted by Crippen LogP contribution is 2.38. The number of nitrogens with zero attached hydrogens (tertiary/aromatic N) is 3. The second kappa shape index (κ2) is 8.17. The maximum absolute atomic E-state index is 13.3. The van der Waals surface area contributed by atoms with Crippen molar-refractivity contribution in [3.05, 3.63) is 75.6 Å². The number of carbonyl (C=O) groups is 1. The first-order valence-electron chi connectivity index (χ1n) is 9.73. The highest BCUT2D eigenvalue weighted by molar-refractivity contribution is 6.36. The summed E-state index contributed by atoms with van der Waals surface area (Å²) < 4.78 is 7.84.